The third-order valence-electron chi connectivity index (χ3n) is 4.94. The smallest absolute Gasteiger partial charge is 0.198 e. The Morgan fingerprint density at radius 3 is 2.38 bits per heavy atom. The topological polar surface area (TPSA) is 55.8 Å². The van der Waals surface area contributed by atoms with Crippen LogP contribution < -0.4 is 4.74 Å². The summed E-state index contributed by atoms with van der Waals surface area (Å²) in [7, 11) is 0. The van der Waals surface area contributed by atoms with E-state index in [2.05, 4.69) is 0 Å². The summed E-state index contributed by atoms with van der Waals surface area (Å²) in [5, 5.41) is 10.8. The van der Waals surface area contributed by atoms with Crippen LogP contribution in [0.3, 0.4) is 0 Å². The van der Waals surface area contributed by atoms with Crippen molar-refractivity contribution in [3.8, 4) is 11.5 Å². The summed E-state index contributed by atoms with van der Waals surface area (Å²) < 4.78 is 38.8. The highest BCUT2D eigenvalue weighted by Crippen LogP contribution is 2.42. The summed E-state index contributed by atoms with van der Waals surface area (Å²) in [6.07, 6.45) is 0.593. The molecule has 1 aliphatic heterocycles. The second kappa shape index (κ2) is 7.26. The van der Waals surface area contributed by atoms with Gasteiger partial charge in [-0.3, -0.25) is 4.79 Å². The van der Waals surface area contributed by atoms with E-state index in [1.165, 1.54) is 0 Å². The number of aliphatic hydroxyl groups is 1. The third kappa shape index (κ3) is 3.90. The molecule has 2 aromatic rings. The summed E-state index contributed by atoms with van der Waals surface area (Å²) in [6, 6.07) is 7.85. The van der Waals surface area contributed by atoms with E-state index >= 15 is 0 Å². The van der Waals surface area contributed by atoms with Crippen LogP contribution in [0.2, 0.25) is 0 Å². The number of ketones is 1. The number of aryl methyl sites for hydroxylation is 1. The number of hydrogen-bond acceptors (Lipinski definition) is 4. The number of hydrogen-bond donors (Lipinski definition) is 1. The predicted molar refractivity (Wildman–Crippen MR) is 106 cm³/mol. The molecule has 1 N–H and O–H groups in total. The van der Waals surface area contributed by atoms with Crippen molar-refractivity contribution in [1.29, 1.82) is 0 Å². The highest BCUT2D eigenvalue weighted by Gasteiger charge is 2.47. The van der Waals surface area contributed by atoms with E-state index in [1.54, 1.807) is 45.9 Å². The number of benzene rings is 2. The zero-order valence-electron chi connectivity index (χ0n) is 17.1. The number of halogens is 2. The molecule has 29 heavy (non-hydrogen) atoms. The molecule has 0 spiro atoms. The number of carbonyl (C=O) groups excluding carboxylic acids is 1. The lowest BCUT2D eigenvalue weighted by Gasteiger charge is -2.40. The van der Waals surface area contributed by atoms with Gasteiger partial charge in [-0.05, 0) is 69.5 Å². The summed E-state index contributed by atoms with van der Waals surface area (Å²) in [4.78, 5) is 13.1. The second-order valence-corrected chi connectivity index (χ2v) is 8.02. The molecule has 0 unspecified atom stereocenters. The van der Waals surface area contributed by atoms with Crippen molar-refractivity contribution in [2.45, 2.75) is 52.2 Å². The number of aliphatic hydroxyl groups excluding tert-OH is 1. The highest BCUT2D eigenvalue weighted by atomic mass is 19.1. The Kier molecular flexibility index (Phi) is 5.26. The molecule has 0 saturated heterocycles. The molecule has 0 atom stereocenters. The van der Waals surface area contributed by atoms with Gasteiger partial charge in [0, 0.05) is 6.07 Å². The third-order valence-corrected chi connectivity index (χ3v) is 4.94. The molecule has 154 valence electrons. The zero-order chi connectivity index (χ0) is 21.6. The van der Waals surface area contributed by atoms with Crippen LogP contribution in [-0.4, -0.2) is 22.1 Å². The van der Waals surface area contributed by atoms with Crippen LogP contribution in [0.4, 0.5) is 8.78 Å². The first-order valence-electron chi connectivity index (χ1n) is 9.41. The average Bonchev–Trinajstić information content (AvgIpc) is 2.63. The van der Waals surface area contributed by atoms with Crippen LogP contribution in [-0.2, 0) is 16.0 Å². The van der Waals surface area contributed by atoms with Gasteiger partial charge in [0.1, 0.15) is 28.5 Å². The van der Waals surface area contributed by atoms with Gasteiger partial charge in [0.25, 0.3) is 0 Å². The van der Waals surface area contributed by atoms with Crippen molar-refractivity contribution in [3.05, 3.63) is 64.9 Å². The van der Waals surface area contributed by atoms with Crippen molar-refractivity contribution in [2.75, 3.05) is 0 Å². The molecule has 0 bridgehead atoms. The molecule has 3 rings (SSSR count). The standard InChI is InChI=1S/C23H24F2O4/c1-6-13-7-9-15(28-18-11-14(24)8-10-17(18)25)12-16(13)19-20(26)22(2,3)29-23(4,5)21(19)27/h7-12,26H,6H2,1-5H3. The number of Topliss-reactive ketones (excluding diaryl/α,β-unsaturated/α-hetero) is 1. The van der Waals surface area contributed by atoms with Gasteiger partial charge in [-0.2, -0.15) is 0 Å². The van der Waals surface area contributed by atoms with Gasteiger partial charge in [-0.15, -0.1) is 0 Å². The van der Waals surface area contributed by atoms with Crippen molar-refractivity contribution < 1.29 is 28.2 Å². The van der Waals surface area contributed by atoms with Crippen molar-refractivity contribution in [2.24, 2.45) is 0 Å². The summed E-state index contributed by atoms with van der Waals surface area (Å²) in [5.41, 5.74) is -0.771. The molecule has 0 fully saturated rings. The lowest BCUT2D eigenvalue weighted by molar-refractivity contribution is -0.158. The van der Waals surface area contributed by atoms with E-state index in [0.29, 0.717) is 12.0 Å². The molecule has 0 saturated carbocycles. The van der Waals surface area contributed by atoms with Crippen LogP contribution in [0.1, 0.15) is 45.7 Å². The maximum absolute atomic E-state index is 14.0. The van der Waals surface area contributed by atoms with E-state index in [0.717, 1.165) is 23.8 Å². The Balaban J connectivity index is 2.15. The van der Waals surface area contributed by atoms with Gasteiger partial charge >= 0.3 is 0 Å². The fourth-order valence-electron chi connectivity index (χ4n) is 3.53. The van der Waals surface area contributed by atoms with Crippen molar-refractivity contribution >= 4 is 11.4 Å². The zero-order valence-corrected chi connectivity index (χ0v) is 17.1. The van der Waals surface area contributed by atoms with E-state index in [-0.39, 0.29) is 28.6 Å². The van der Waals surface area contributed by atoms with Crippen molar-refractivity contribution in [1.82, 2.24) is 0 Å². The summed E-state index contributed by atoms with van der Waals surface area (Å²) >= 11 is 0. The minimum atomic E-state index is -1.14. The first kappa shape index (κ1) is 21.0. The maximum atomic E-state index is 14.0. The van der Waals surface area contributed by atoms with Crippen molar-refractivity contribution in [3.63, 3.8) is 0 Å². The minimum Gasteiger partial charge on any atom is -0.508 e. The monoisotopic (exact) mass is 402 g/mol. The van der Waals surface area contributed by atoms with E-state index in [4.69, 9.17) is 9.47 Å². The predicted octanol–water partition coefficient (Wildman–Crippen LogP) is 5.75. The first-order valence-corrected chi connectivity index (χ1v) is 9.41. The Bertz CT molecular complexity index is 1010. The van der Waals surface area contributed by atoms with Crippen LogP contribution >= 0.6 is 0 Å². The van der Waals surface area contributed by atoms with E-state index in [9.17, 15) is 18.7 Å². The molecule has 2 aromatic carbocycles. The first-order chi connectivity index (χ1) is 13.5. The lowest BCUT2D eigenvalue weighted by Crippen LogP contribution is -2.49. The molecular formula is C23H24F2O4. The van der Waals surface area contributed by atoms with Gasteiger partial charge in [-0.1, -0.05) is 13.0 Å². The molecule has 1 aliphatic rings. The van der Waals surface area contributed by atoms with Gasteiger partial charge in [0.2, 0.25) is 0 Å². The number of carbonyl (C=O) groups is 1. The fraction of sp³-hybridized carbons (Fsp3) is 0.348. The molecule has 0 aromatic heterocycles. The molecule has 6 heteroatoms. The molecule has 0 aliphatic carbocycles. The van der Waals surface area contributed by atoms with Crippen LogP contribution in [0.15, 0.2) is 42.2 Å². The van der Waals surface area contributed by atoms with Crippen LogP contribution in [0.25, 0.3) is 5.57 Å². The minimum absolute atomic E-state index is 0.147. The molecule has 4 nitrogen and oxygen atoms in total. The molecular weight excluding hydrogens is 378 g/mol. The maximum Gasteiger partial charge on any atom is 0.198 e. The lowest BCUT2D eigenvalue weighted by atomic mass is 9.81. The number of ether oxygens (including phenoxy) is 2. The number of rotatable bonds is 4. The average molecular weight is 402 g/mol. The Labute approximate surface area is 168 Å². The largest absolute Gasteiger partial charge is 0.508 e. The Morgan fingerprint density at radius 2 is 1.72 bits per heavy atom. The van der Waals surface area contributed by atoms with E-state index in [1.807, 2.05) is 6.92 Å². The summed E-state index contributed by atoms with van der Waals surface area (Å²) in [5.74, 6) is -1.92. The Hall–Kier alpha value is -2.73. The van der Waals surface area contributed by atoms with Gasteiger partial charge < -0.3 is 14.6 Å². The van der Waals surface area contributed by atoms with Crippen LogP contribution in [0, 0.1) is 11.6 Å². The van der Waals surface area contributed by atoms with Gasteiger partial charge in [0.15, 0.2) is 17.3 Å². The van der Waals surface area contributed by atoms with Gasteiger partial charge in [-0.25, -0.2) is 8.78 Å². The quantitative estimate of drug-likeness (QED) is 0.708. The normalized spacial score (nSPS) is 18.1. The Morgan fingerprint density at radius 1 is 1.03 bits per heavy atom. The highest BCUT2D eigenvalue weighted by molar-refractivity contribution is 6.26. The molecule has 0 amide bonds. The molecule has 0 radical (unpaired) electrons. The van der Waals surface area contributed by atoms with Crippen LogP contribution in [0.5, 0.6) is 11.5 Å². The molecule has 1 heterocycles. The SMILES string of the molecule is CCc1ccc(Oc2cc(F)ccc2F)cc1C1=C(O)C(C)(C)OC(C)(C)C1=O. The summed E-state index contributed by atoms with van der Waals surface area (Å²) in [6.45, 7) is 8.59. The second-order valence-electron chi connectivity index (χ2n) is 8.02. The fourth-order valence-corrected chi connectivity index (χ4v) is 3.53. The van der Waals surface area contributed by atoms with E-state index < -0.39 is 22.8 Å². The van der Waals surface area contributed by atoms with Gasteiger partial charge in [0.05, 0.1) is 5.57 Å².